The van der Waals surface area contributed by atoms with Gasteiger partial charge in [0.25, 0.3) is 0 Å². The van der Waals surface area contributed by atoms with Gasteiger partial charge >= 0.3 is 5.97 Å². The van der Waals surface area contributed by atoms with Crippen LogP contribution in [0.2, 0.25) is 0 Å². The smallest absolute Gasteiger partial charge is 0.311 e. The number of aromatic nitrogens is 3. The Morgan fingerprint density at radius 1 is 1.02 bits per heavy atom. The maximum absolute atomic E-state index is 12.6. The van der Waals surface area contributed by atoms with Gasteiger partial charge in [-0.1, -0.05) is 24.3 Å². The topological polar surface area (TPSA) is 66.2 Å². The van der Waals surface area contributed by atoms with E-state index >= 15 is 0 Å². The summed E-state index contributed by atoms with van der Waals surface area (Å²) in [6.07, 6.45) is 1.46. The zero-order valence-electron chi connectivity index (χ0n) is 24.8. The first kappa shape index (κ1) is 29.4. The molecule has 1 atom stereocenters. The van der Waals surface area contributed by atoms with Gasteiger partial charge in [0.2, 0.25) is 0 Å². The van der Waals surface area contributed by atoms with Crippen molar-refractivity contribution in [1.29, 1.82) is 0 Å². The molecule has 5 rings (SSSR count). The third kappa shape index (κ3) is 6.25. The fraction of sp³-hybridized carbons (Fsp3) is 0.364. The summed E-state index contributed by atoms with van der Waals surface area (Å²) in [5, 5.41) is 6.43. The maximum Gasteiger partial charge on any atom is 0.311 e. The van der Waals surface area contributed by atoms with E-state index in [0.717, 1.165) is 58.4 Å². The highest BCUT2D eigenvalue weighted by molar-refractivity contribution is 9.10. The second kappa shape index (κ2) is 11.0. The number of hydrogen-bond donors (Lipinski definition) is 0. The third-order valence-corrected chi connectivity index (χ3v) is 9.08. The Kier molecular flexibility index (Phi) is 7.87. The van der Waals surface area contributed by atoms with Crippen molar-refractivity contribution < 1.29 is 14.3 Å². The minimum absolute atomic E-state index is 0.132. The standard InChI is InChI=1S/C33H36BrN3O3S/c1-19-14-24-29(28(34)27(19)26(40-33(5,6)7)18-39-31(38)32(2,3)4)41-30(36-24)22-11-9-10-20(15-22)21-12-13-25-23(16-21)17-35-37(25)8/h9-17,26H,18H2,1-8H3. The monoisotopic (exact) mass is 633 g/mol. The summed E-state index contributed by atoms with van der Waals surface area (Å²) >= 11 is 5.53. The molecular formula is C33H36BrN3O3S. The number of aryl methyl sites for hydroxylation is 2. The summed E-state index contributed by atoms with van der Waals surface area (Å²) in [5.41, 5.74) is 6.33. The lowest BCUT2D eigenvalue weighted by molar-refractivity contribution is -0.162. The summed E-state index contributed by atoms with van der Waals surface area (Å²) in [4.78, 5) is 17.6. The largest absolute Gasteiger partial charge is 0.462 e. The minimum atomic E-state index is -0.590. The zero-order valence-corrected chi connectivity index (χ0v) is 27.2. The summed E-state index contributed by atoms with van der Waals surface area (Å²) in [6, 6.07) is 17.0. The van der Waals surface area contributed by atoms with Crippen molar-refractivity contribution in [3.63, 3.8) is 0 Å². The van der Waals surface area contributed by atoms with Crippen LogP contribution in [0, 0.1) is 12.3 Å². The molecule has 0 amide bonds. The van der Waals surface area contributed by atoms with Crippen LogP contribution >= 0.6 is 27.3 Å². The van der Waals surface area contributed by atoms with Crippen LogP contribution in [0.15, 0.2) is 59.2 Å². The summed E-state index contributed by atoms with van der Waals surface area (Å²) < 4.78 is 16.0. The first-order valence-electron chi connectivity index (χ1n) is 13.7. The van der Waals surface area contributed by atoms with E-state index in [1.807, 2.05) is 59.5 Å². The van der Waals surface area contributed by atoms with Crippen molar-refractivity contribution in [1.82, 2.24) is 14.8 Å². The Labute approximate surface area is 253 Å². The molecule has 0 aliphatic carbocycles. The van der Waals surface area contributed by atoms with Gasteiger partial charge in [0, 0.05) is 28.0 Å². The molecule has 41 heavy (non-hydrogen) atoms. The van der Waals surface area contributed by atoms with E-state index in [1.165, 1.54) is 0 Å². The van der Waals surface area contributed by atoms with E-state index in [-0.39, 0.29) is 12.6 Å². The third-order valence-electron chi connectivity index (χ3n) is 6.85. The van der Waals surface area contributed by atoms with Crippen LogP contribution in [0.4, 0.5) is 0 Å². The molecule has 5 aromatic rings. The van der Waals surface area contributed by atoms with Gasteiger partial charge in [-0.05, 0) is 105 Å². The minimum Gasteiger partial charge on any atom is -0.462 e. The average molecular weight is 635 g/mol. The number of carbonyl (C=O) groups excluding carboxylic acids is 1. The first-order valence-corrected chi connectivity index (χ1v) is 15.3. The lowest BCUT2D eigenvalue weighted by Gasteiger charge is -2.30. The van der Waals surface area contributed by atoms with E-state index in [4.69, 9.17) is 14.5 Å². The quantitative estimate of drug-likeness (QED) is 0.175. The molecule has 214 valence electrons. The van der Waals surface area contributed by atoms with Gasteiger partial charge in [-0.2, -0.15) is 5.10 Å². The van der Waals surface area contributed by atoms with Gasteiger partial charge in [0.1, 0.15) is 17.7 Å². The number of carbonyl (C=O) groups is 1. The van der Waals surface area contributed by atoms with Gasteiger partial charge in [0.15, 0.2) is 0 Å². The lowest BCUT2D eigenvalue weighted by Crippen LogP contribution is -2.29. The fourth-order valence-electron chi connectivity index (χ4n) is 4.83. The van der Waals surface area contributed by atoms with Gasteiger partial charge in [0.05, 0.1) is 32.9 Å². The number of hydrogen-bond acceptors (Lipinski definition) is 6. The van der Waals surface area contributed by atoms with Crippen molar-refractivity contribution in [3.05, 3.63) is 70.3 Å². The Balaban J connectivity index is 1.52. The predicted molar refractivity (Wildman–Crippen MR) is 171 cm³/mol. The highest BCUT2D eigenvalue weighted by Crippen LogP contribution is 2.42. The maximum atomic E-state index is 12.6. The van der Waals surface area contributed by atoms with E-state index in [1.54, 1.807) is 11.3 Å². The van der Waals surface area contributed by atoms with Crippen molar-refractivity contribution in [2.75, 3.05) is 6.61 Å². The molecule has 0 saturated heterocycles. The molecule has 0 fully saturated rings. The van der Waals surface area contributed by atoms with Gasteiger partial charge < -0.3 is 9.47 Å². The van der Waals surface area contributed by atoms with E-state index in [0.29, 0.717) is 0 Å². The molecule has 2 aromatic heterocycles. The van der Waals surface area contributed by atoms with Gasteiger partial charge in [-0.25, -0.2) is 4.98 Å². The summed E-state index contributed by atoms with van der Waals surface area (Å²) in [7, 11) is 1.96. The molecule has 1 unspecified atom stereocenters. The number of ether oxygens (including phenoxy) is 2. The van der Waals surface area contributed by atoms with Crippen molar-refractivity contribution >= 4 is 54.4 Å². The molecule has 0 radical (unpaired) electrons. The van der Waals surface area contributed by atoms with Crippen molar-refractivity contribution in [2.24, 2.45) is 12.5 Å². The zero-order chi connectivity index (χ0) is 29.7. The summed E-state index contributed by atoms with van der Waals surface area (Å²) in [5.74, 6) is -0.252. The van der Waals surface area contributed by atoms with Crippen molar-refractivity contribution in [2.45, 2.75) is 60.2 Å². The lowest BCUT2D eigenvalue weighted by atomic mass is 9.97. The second-order valence-corrected chi connectivity index (χ2v) is 14.3. The molecule has 0 aliphatic heterocycles. The second-order valence-electron chi connectivity index (χ2n) is 12.5. The number of thiazole rings is 1. The molecule has 3 aromatic carbocycles. The van der Waals surface area contributed by atoms with Crippen LogP contribution < -0.4 is 0 Å². The highest BCUT2D eigenvalue weighted by atomic mass is 79.9. The van der Waals surface area contributed by atoms with Crippen LogP contribution in [0.25, 0.3) is 42.8 Å². The van der Waals surface area contributed by atoms with E-state index in [9.17, 15) is 4.79 Å². The number of nitrogens with zero attached hydrogens (tertiary/aromatic N) is 3. The Hall–Kier alpha value is -3.07. The normalized spacial score (nSPS) is 13.2. The fourth-order valence-corrected chi connectivity index (χ4v) is 6.83. The molecule has 6 nitrogen and oxygen atoms in total. The van der Waals surface area contributed by atoms with Crippen LogP contribution in [-0.2, 0) is 21.3 Å². The molecule has 0 spiro atoms. The summed E-state index contributed by atoms with van der Waals surface area (Å²) in [6.45, 7) is 13.8. The molecule has 0 saturated carbocycles. The molecule has 8 heteroatoms. The predicted octanol–water partition coefficient (Wildman–Crippen LogP) is 9.03. The Bertz CT molecular complexity index is 1760. The van der Waals surface area contributed by atoms with Crippen molar-refractivity contribution in [3.8, 4) is 21.7 Å². The molecule has 0 bridgehead atoms. The van der Waals surface area contributed by atoms with Crippen LogP contribution in [0.1, 0.15) is 58.8 Å². The SMILES string of the molecule is Cc1cc2nc(-c3cccc(-c4ccc5c(cnn5C)c4)c3)sc2c(Br)c1C(COC(=O)C(C)(C)C)OC(C)(C)C. The van der Waals surface area contributed by atoms with Crippen LogP contribution in [0.5, 0.6) is 0 Å². The highest BCUT2D eigenvalue weighted by Gasteiger charge is 2.30. The van der Waals surface area contributed by atoms with E-state index in [2.05, 4.69) is 76.5 Å². The molecule has 0 N–H and O–H groups in total. The molecular weight excluding hydrogens is 598 g/mol. The number of benzene rings is 3. The average Bonchev–Trinajstić information content (AvgIpc) is 3.49. The number of fused-ring (bicyclic) bond motifs is 2. The Morgan fingerprint density at radius 3 is 2.44 bits per heavy atom. The molecule has 2 heterocycles. The van der Waals surface area contributed by atoms with Gasteiger partial charge in [-0.3, -0.25) is 9.48 Å². The van der Waals surface area contributed by atoms with Crippen LogP contribution in [-0.4, -0.2) is 32.9 Å². The molecule has 0 aliphatic rings. The van der Waals surface area contributed by atoms with Gasteiger partial charge in [-0.15, -0.1) is 11.3 Å². The number of esters is 1. The first-order chi connectivity index (χ1) is 19.2. The number of halogens is 1. The van der Waals surface area contributed by atoms with Crippen LogP contribution in [0.3, 0.4) is 0 Å². The van der Waals surface area contributed by atoms with E-state index < -0.39 is 17.1 Å². The Morgan fingerprint density at radius 2 is 1.73 bits per heavy atom. The number of rotatable bonds is 6.